The Kier molecular flexibility index (Phi) is 6.12. The van der Waals surface area contributed by atoms with Gasteiger partial charge in [-0.05, 0) is 12.2 Å². The number of hydrogen-bond donors (Lipinski definition) is 0. The molecule has 0 N–H and O–H groups in total. The number of thioether (sulfide) groups is 2. The average Bonchev–Trinajstić information content (AvgIpc) is 1.94. The zero-order chi connectivity index (χ0) is 13.0. The maximum atomic E-state index is 13.3. The SMILES string of the molecule is CC(C)(C)S/C(F)=C\C=C(\F)SC(C)(C)C. The minimum Gasteiger partial charge on any atom is -0.199 e. The van der Waals surface area contributed by atoms with Crippen molar-refractivity contribution in [2.45, 2.75) is 51.0 Å². The van der Waals surface area contributed by atoms with Gasteiger partial charge in [-0.15, -0.1) is 0 Å². The molecule has 0 atom stereocenters. The van der Waals surface area contributed by atoms with E-state index < -0.39 is 0 Å². The molecular weight excluding hydrogens is 246 g/mol. The fraction of sp³-hybridized carbons (Fsp3) is 0.667. The third-order valence-corrected chi connectivity index (χ3v) is 3.04. The summed E-state index contributed by atoms with van der Waals surface area (Å²) in [4.78, 5) is 0. The van der Waals surface area contributed by atoms with E-state index >= 15 is 0 Å². The zero-order valence-corrected chi connectivity index (χ0v) is 12.4. The number of hydrogen-bond acceptors (Lipinski definition) is 2. The molecule has 0 saturated carbocycles. The monoisotopic (exact) mass is 266 g/mol. The van der Waals surface area contributed by atoms with Crippen LogP contribution >= 0.6 is 23.5 Å². The molecule has 0 heterocycles. The van der Waals surface area contributed by atoms with Crippen LogP contribution in [0, 0.1) is 0 Å². The van der Waals surface area contributed by atoms with E-state index in [9.17, 15) is 8.78 Å². The van der Waals surface area contributed by atoms with Crippen molar-refractivity contribution in [3.63, 3.8) is 0 Å². The standard InChI is InChI=1S/C12H20F2S2/c1-11(2,3)15-9(13)7-8-10(14)16-12(4,5)6/h7-8H,1-6H3/b9-7-,10-8-. The topological polar surface area (TPSA) is 0 Å². The summed E-state index contributed by atoms with van der Waals surface area (Å²) in [5.74, 6) is 0. The summed E-state index contributed by atoms with van der Waals surface area (Å²) in [5.41, 5.74) is 0. The lowest BCUT2D eigenvalue weighted by atomic mass is 10.3. The minimum absolute atomic E-state index is 0.192. The molecule has 0 bridgehead atoms. The fourth-order valence-electron chi connectivity index (χ4n) is 0.784. The van der Waals surface area contributed by atoms with Gasteiger partial charge in [-0.2, -0.15) is 8.78 Å². The molecule has 0 spiro atoms. The molecule has 94 valence electrons. The van der Waals surface area contributed by atoms with E-state index in [-0.39, 0.29) is 19.8 Å². The van der Waals surface area contributed by atoms with Gasteiger partial charge < -0.3 is 0 Å². The quantitative estimate of drug-likeness (QED) is 0.603. The molecular formula is C12H20F2S2. The first-order valence-electron chi connectivity index (χ1n) is 5.11. The Hall–Kier alpha value is 0.0400. The molecule has 0 aliphatic rings. The van der Waals surface area contributed by atoms with Crippen LogP contribution in [0.1, 0.15) is 41.5 Å². The van der Waals surface area contributed by atoms with Gasteiger partial charge in [0.25, 0.3) is 0 Å². The van der Waals surface area contributed by atoms with Crippen molar-refractivity contribution in [1.29, 1.82) is 0 Å². The minimum atomic E-state index is -0.364. The summed E-state index contributed by atoms with van der Waals surface area (Å²) in [6.07, 6.45) is 2.37. The van der Waals surface area contributed by atoms with E-state index in [0.717, 1.165) is 23.5 Å². The van der Waals surface area contributed by atoms with Crippen LogP contribution < -0.4 is 0 Å². The van der Waals surface area contributed by atoms with E-state index in [1.165, 1.54) is 12.2 Å². The highest BCUT2D eigenvalue weighted by Crippen LogP contribution is 2.34. The zero-order valence-electron chi connectivity index (χ0n) is 10.7. The van der Waals surface area contributed by atoms with E-state index in [1.807, 2.05) is 41.5 Å². The molecule has 0 aromatic rings. The Morgan fingerprint density at radius 1 is 0.750 bits per heavy atom. The van der Waals surface area contributed by atoms with E-state index in [0.29, 0.717) is 0 Å². The molecule has 0 aromatic carbocycles. The Balaban J connectivity index is 4.39. The smallest absolute Gasteiger partial charge is 0.157 e. The molecule has 0 aliphatic heterocycles. The Bertz CT molecular complexity index is 250. The van der Waals surface area contributed by atoms with Crippen molar-refractivity contribution in [2.24, 2.45) is 0 Å². The van der Waals surface area contributed by atoms with E-state index in [4.69, 9.17) is 0 Å². The van der Waals surface area contributed by atoms with Gasteiger partial charge in [0, 0.05) is 9.49 Å². The normalized spacial score (nSPS) is 15.5. The Morgan fingerprint density at radius 2 is 1.00 bits per heavy atom. The third kappa shape index (κ3) is 10.6. The van der Waals surface area contributed by atoms with Crippen LogP contribution in [0.3, 0.4) is 0 Å². The maximum absolute atomic E-state index is 13.3. The van der Waals surface area contributed by atoms with Crippen molar-refractivity contribution in [2.75, 3.05) is 0 Å². The summed E-state index contributed by atoms with van der Waals surface area (Å²) >= 11 is 2.18. The van der Waals surface area contributed by atoms with Crippen LogP contribution in [0.4, 0.5) is 8.78 Å². The average molecular weight is 266 g/mol. The lowest BCUT2D eigenvalue weighted by Gasteiger charge is -2.16. The second-order valence-corrected chi connectivity index (χ2v) is 9.01. The van der Waals surface area contributed by atoms with E-state index in [1.54, 1.807) is 0 Å². The summed E-state index contributed by atoms with van der Waals surface area (Å²) in [7, 11) is 0. The molecule has 0 nitrogen and oxygen atoms in total. The lowest BCUT2D eigenvalue weighted by molar-refractivity contribution is 0.680. The molecule has 0 radical (unpaired) electrons. The van der Waals surface area contributed by atoms with Crippen LogP contribution in [-0.4, -0.2) is 9.49 Å². The highest BCUT2D eigenvalue weighted by Gasteiger charge is 2.15. The summed E-state index contributed by atoms with van der Waals surface area (Å²) in [6.45, 7) is 11.5. The number of rotatable bonds is 3. The van der Waals surface area contributed by atoms with Gasteiger partial charge in [0.05, 0.1) is 0 Å². The first-order valence-corrected chi connectivity index (χ1v) is 6.74. The van der Waals surface area contributed by atoms with Gasteiger partial charge >= 0.3 is 0 Å². The van der Waals surface area contributed by atoms with E-state index in [2.05, 4.69) is 0 Å². The summed E-state index contributed by atoms with van der Waals surface area (Å²) in [6, 6.07) is 0. The van der Waals surface area contributed by atoms with Crippen molar-refractivity contribution in [3.05, 3.63) is 22.5 Å². The van der Waals surface area contributed by atoms with Gasteiger partial charge in [-0.3, -0.25) is 0 Å². The highest BCUT2D eigenvalue weighted by atomic mass is 32.2. The lowest BCUT2D eigenvalue weighted by Crippen LogP contribution is -2.06. The van der Waals surface area contributed by atoms with Crippen molar-refractivity contribution in [1.82, 2.24) is 0 Å². The number of halogens is 2. The second-order valence-electron chi connectivity index (χ2n) is 5.37. The molecule has 0 rings (SSSR count). The maximum Gasteiger partial charge on any atom is 0.157 e. The van der Waals surface area contributed by atoms with Gasteiger partial charge in [0.15, 0.2) is 10.3 Å². The predicted octanol–water partition coefficient (Wildman–Crippen LogP) is 5.67. The molecule has 0 aromatic heterocycles. The Labute approximate surface area is 106 Å². The van der Waals surface area contributed by atoms with Crippen molar-refractivity contribution >= 4 is 23.5 Å². The van der Waals surface area contributed by atoms with Gasteiger partial charge in [-0.25, -0.2) is 0 Å². The third-order valence-electron chi connectivity index (χ3n) is 1.15. The summed E-state index contributed by atoms with van der Waals surface area (Å²) in [5, 5.41) is -0.727. The van der Waals surface area contributed by atoms with Gasteiger partial charge in [0.1, 0.15) is 0 Å². The van der Waals surface area contributed by atoms with Crippen molar-refractivity contribution in [3.8, 4) is 0 Å². The molecule has 0 amide bonds. The van der Waals surface area contributed by atoms with Crippen molar-refractivity contribution < 1.29 is 8.78 Å². The Morgan fingerprint density at radius 3 is 1.19 bits per heavy atom. The molecule has 4 heteroatoms. The van der Waals surface area contributed by atoms with Crippen LogP contribution in [0.25, 0.3) is 0 Å². The fourth-order valence-corrected chi connectivity index (χ4v) is 2.23. The first-order chi connectivity index (χ1) is 6.99. The van der Waals surface area contributed by atoms with Gasteiger partial charge in [0.2, 0.25) is 0 Å². The van der Waals surface area contributed by atoms with Crippen LogP contribution in [0.15, 0.2) is 22.5 Å². The van der Waals surface area contributed by atoms with Crippen LogP contribution in [-0.2, 0) is 0 Å². The summed E-state index contributed by atoms with van der Waals surface area (Å²) < 4.78 is 26.2. The molecule has 0 unspecified atom stereocenters. The van der Waals surface area contributed by atoms with Crippen LogP contribution in [0.2, 0.25) is 0 Å². The molecule has 0 fully saturated rings. The second kappa shape index (κ2) is 6.10. The molecule has 0 saturated heterocycles. The molecule has 0 aliphatic carbocycles. The largest absolute Gasteiger partial charge is 0.199 e. The first kappa shape index (κ1) is 16.0. The highest BCUT2D eigenvalue weighted by molar-refractivity contribution is 8.04. The van der Waals surface area contributed by atoms with Gasteiger partial charge in [-0.1, -0.05) is 65.1 Å². The number of allylic oxidation sites excluding steroid dienone is 2. The van der Waals surface area contributed by atoms with Crippen LogP contribution in [0.5, 0.6) is 0 Å². The predicted molar refractivity (Wildman–Crippen MR) is 73.1 cm³/mol. The molecule has 16 heavy (non-hydrogen) atoms.